The normalized spacial score (nSPS) is 10.8. The molecule has 0 bridgehead atoms. The molecule has 3 rings (SSSR count). The predicted molar refractivity (Wildman–Crippen MR) is 88.0 cm³/mol. The Morgan fingerprint density at radius 2 is 1.38 bits per heavy atom. The minimum atomic E-state index is 0.104. The van der Waals surface area contributed by atoms with Crippen molar-refractivity contribution >= 4 is 16.6 Å². The van der Waals surface area contributed by atoms with Gasteiger partial charge in [-0.3, -0.25) is 4.79 Å². The zero-order valence-electron chi connectivity index (χ0n) is 12.6. The van der Waals surface area contributed by atoms with E-state index in [1.54, 1.807) is 0 Å². The first kappa shape index (κ1) is 13.6. The van der Waals surface area contributed by atoms with Crippen molar-refractivity contribution in [2.24, 2.45) is 0 Å². The van der Waals surface area contributed by atoms with Crippen molar-refractivity contribution in [2.45, 2.75) is 20.8 Å². The largest absolute Gasteiger partial charge is 0.289 e. The summed E-state index contributed by atoms with van der Waals surface area (Å²) < 4.78 is 0. The third-order valence-electron chi connectivity index (χ3n) is 4.02. The molecule has 0 atom stereocenters. The van der Waals surface area contributed by atoms with Crippen LogP contribution in [0.25, 0.3) is 10.8 Å². The summed E-state index contributed by atoms with van der Waals surface area (Å²) in [6.07, 6.45) is 0. The zero-order chi connectivity index (χ0) is 15.0. The lowest BCUT2D eigenvalue weighted by Gasteiger charge is -2.10. The molecule has 0 aliphatic carbocycles. The van der Waals surface area contributed by atoms with Gasteiger partial charge in [-0.25, -0.2) is 0 Å². The van der Waals surface area contributed by atoms with Crippen LogP contribution >= 0.6 is 0 Å². The fourth-order valence-corrected chi connectivity index (χ4v) is 2.77. The van der Waals surface area contributed by atoms with Crippen molar-refractivity contribution in [2.75, 3.05) is 0 Å². The first-order valence-electron chi connectivity index (χ1n) is 7.18. The van der Waals surface area contributed by atoms with E-state index < -0.39 is 0 Å². The van der Waals surface area contributed by atoms with Gasteiger partial charge in [0.05, 0.1) is 0 Å². The number of hydrogen-bond donors (Lipinski definition) is 0. The molecule has 0 aliphatic rings. The summed E-state index contributed by atoms with van der Waals surface area (Å²) in [7, 11) is 0. The van der Waals surface area contributed by atoms with Crippen LogP contribution < -0.4 is 0 Å². The van der Waals surface area contributed by atoms with E-state index in [9.17, 15) is 4.79 Å². The molecule has 3 aromatic rings. The molecule has 1 nitrogen and oxygen atoms in total. The van der Waals surface area contributed by atoms with Gasteiger partial charge in [0.1, 0.15) is 0 Å². The van der Waals surface area contributed by atoms with Crippen molar-refractivity contribution < 1.29 is 4.79 Å². The Balaban J connectivity index is 2.23. The third-order valence-corrected chi connectivity index (χ3v) is 4.02. The summed E-state index contributed by atoms with van der Waals surface area (Å²) in [5.74, 6) is 0.104. The predicted octanol–water partition coefficient (Wildman–Crippen LogP) is 5.00. The summed E-state index contributed by atoms with van der Waals surface area (Å²) in [5, 5.41) is 2.18. The number of aryl methyl sites for hydroxylation is 3. The number of rotatable bonds is 2. The highest BCUT2D eigenvalue weighted by atomic mass is 16.1. The van der Waals surface area contributed by atoms with Gasteiger partial charge in [0.15, 0.2) is 5.78 Å². The van der Waals surface area contributed by atoms with Gasteiger partial charge >= 0.3 is 0 Å². The van der Waals surface area contributed by atoms with Crippen LogP contribution in [0.5, 0.6) is 0 Å². The molecule has 1 heteroatoms. The first-order chi connectivity index (χ1) is 10.1. The average Bonchev–Trinajstić information content (AvgIpc) is 2.50. The summed E-state index contributed by atoms with van der Waals surface area (Å²) in [6.45, 7) is 6.08. The number of ketones is 1. The summed E-state index contributed by atoms with van der Waals surface area (Å²) in [6, 6.07) is 18.1. The van der Waals surface area contributed by atoms with Crippen LogP contribution in [0, 0.1) is 20.8 Å². The van der Waals surface area contributed by atoms with Gasteiger partial charge in [-0.15, -0.1) is 0 Å². The smallest absolute Gasteiger partial charge is 0.193 e. The molecular formula is C20H18O. The lowest BCUT2D eigenvalue weighted by molar-refractivity contribution is 0.103. The fourth-order valence-electron chi connectivity index (χ4n) is 2.77. The van der Waals surface area contributed by atoms with Crippen LogP contribution in [0.2, 0.25) is 0 Å². The molecular weight excluding hydrogens is 256 g/mol. The van der Waals surface area contributed by atoms with Gasteiger partial charge in [-0.1, -0.05) is 54.1 Å². The highest BCUT2D eigenvalue weighted by Crippen LogP contribution is 2.25. The molecule has 0 fully saturated rings. The van der Waals surface area contributed by atoms with Crippen LogP contribution in [-0.4, -0.2) is 5.78 Å². The van der Waals surface area contributed by atoms with Crippen molar-refractivity contribution in [3.63, 3.8) is 0 Å². The van der Waals surface area contributed by atoms with Crippen LogP contribution in [0.4, 0.5) is 0 Å². The minimum Gasteiger partial charge on any atom is -0.289 e. The highest BCUT2D eigenvalue weighted by Gasteiger charge is 2.15. The topological polar surface area (TPSA) is 17.1 Å². The Labute approximate surface area is 125 Å². The second-order valence-electron chi connectivity index (χ2n) is 5.62. The zero-order valence-corrected chi connectivity index (χ0v) is 12.6. The molecule has 0 N–H and O–H groups in total. The Morgan fingerprint density at radius 3 is 2.14 bits per heavy atom. The third kappa shape index (κ3) is 2.36. The standard InChI is InChI=1S/C20H18O/c1-13-8-9-15(3)19(12-13)20(21)18-11-10-14(2)16-6-4-5-7-17(16)18/h4-12H,1-3H3. The van der Waals surface area contributed by atoms with E-state index in [0.29, 0.717) is 0 Å². The van der Waals surface area contributed by atoms with Crippen LogP contribution in [0.15, 0.2) is 54.6 Å². The fraction of sp³-hybridized carbons (Fsp3) is 0.150. The van der Waals surface area contributed by atoms with Gasteiger partial charge in [0, 0.05) is 11.1 Å². The van der Waals surface area contributed by atoms with E-state index >= 15 is 0 Å². The number of fused-ring (bicyclic) bond motifs is 1. The molecule has 0 saturated heterocycles. The SMILES string of the molecule is Cc1ccc(C)c(C(=O)c2ccc(C)c3ccccc23)c1. The Bertz CT molecular complexity index is 844. The summed E-state index contributed by atoms with van der Waals surface area (Å²) in [5.41, 5.74) is 4.91. The molecule has 21 heavy (non-hydrogen) atoms. The molecule has 0 unspecified atom stereocenters. The molecule has 3 aromatic carbocycles. The highest BCUT2D eigenvalue weighted by molar-refractivity contribution is 6.17. The van der Waals surface area contributed by atoms with Crippen LogP contribution in [-0.2, 0) is 0 Å². The van der Waals surface area contributed by atoms with Gasteiger partial charge in [0.2, 0.25) is 0 Å². The van der Waals surface area contributed by atoms with E-state index in [0.717, 1.165) is 33.0 Å². The second-order valence-corrected chi connectivity index (χ2v) is 5.62. The number of carbonyl (C=O) groups is 1. The van der Waals surface area contributed by atoms with Crippen molar-refractivity contribution in [1.82, 2.24) is 0 Å². The number of hydrogen-bond acceptors (Lipinski definition) is 1. The van der Waals surface area contributed by atoms with E-state index in [-0.39, 0.29) is 5.78 Å². The molecule has 0 amide bonds. The molecule has 0 aliphatic heterocycles. The molecule has 0 radical (unpaired) electrons. The number of benzene rings is 3. The summed E-state index contributed by atoms with van der Waals surface area (Å²) in [4.78, 5) is 12.9. The minimum absolute atomic E-state index is 0.104. The van der Waals surface area contributed by atoms with Crippen LogP contribution in [0.1, 0.15) is 32.6 Å². The monoisotopic (exact) mass is 274 g/mol. The maximum atomic E-state index is 12.9. The maximum Gasteiger partial charge on any atom is 0.193 e. The molecule has 104 valence electrons. The van der Waals surface area contributed by atoms with Gasteiger partial charge < -0.3 is 0 Å². The van der Waals surface area contributed by atoms with E-state index in [1.165, 1.54) is 5.56 Å². The average molecular weight is 274 g/mol. The molecule has 0 spiro atoms. The van der Waals surface area contributed by atoms with Crippen molar-refractivity contribution in [3.8, 4) is 0 Å². The van der Waals surface area contributed by atoms with E-state index in [2.05, 4.69) is 13.0 Å². The van der Waals surface area contributed by atoms with E-state index in [1.807, 2.05) is 62.4 Å². The lowest BCUT2D eigenvalue weighted by atomic mass is 9.92. The van der Waals surface area contributed by atoms with Crippen molar-refractivity contribution in [3.05, 3.63) is 82.4 Å². The van der Waals surface area contributed by atoms with Crippen molar-refractivity contribution in [1.29, 1.82) is 0 Å². The Morgan fingerprint density at radius 1 is 0.714 bits per heavy atom. The molecule has 0 aromatic heterocycles. The lowest BCUT2D eigenvalue weighted by Crippen LogP contribution is -2.05. The number of carbonyl (C=O) groups excluding carboxylic acids is 1. The molecule has 0 saturated carbocycles. The first-order valence-corrected chi connectivity index (χ1v) is 7.18. The quantitative estimate of drug-likeness (QED) is 0.601. The van der Waals surface area contributed by atoms with Gasteiger partial charge in [0.25, 0.3) is 0 Å². The maximum absolute atomic E-state index is 12.9. The second kappa shape index (κ2) is 5.17. The Hall–Kier alpha value is -2.41. The van der Waals surface area contributed by atoms with E-state index in [4.69, 9.17) is 0 Å². The van der Waals surface area contributed by atoms with Gasteiger partial charge in [-0.2, -0.15) is 0 Å². The Kier molecular flexibility index (Phi) is 3.34. The van der Waals surface area contributed by atoms with Gasteiger partial charge in [-0.05, 0) is 48.7 Å². The van der Waals surface area contributed by atoms with Crippen LogP contribution in [0.3, 0.4) is 0 Å². The molecule has 0 heterocycles. The summed E-state index contributed by atoms with van der Waals surface area (Å²) >= 11 is 0.